The molecule has 2 aliphatic rings. The van der Waals surface area contributed by atoms with Crippen LogP contribution in [0, 0.1) is 5.92 Å². The fourth-order valence-electron chi connectivity index (χ4n) is 3.16. The summed E-state index contributed by atoms with van der Waals surface area (Å²) in [6.07, 6.45) is 8.35. The number of hydrogen-bond acceptors (Lipinski definition) is 2. The minimum atomic E-state index is 0.344. The minimum Gasteiger partial charge on any atom is -0.329 e. The summed E-state index contributed by atoms with van der Waals surface area (Å²) in [5.41, 5.74) is 8.98. The largest absolute Gasteiger partial charge is 0.329 e. The SMILES string of the molecule is NCC(NCCC1CCC1)c1ccccc1C1CC1. The molecule has 0 aliphatic heterocycles. The average Bonchev–Trinajstić information content (AvgIpc) is 3.21. The maximum Gasteiger partial charge on any atom is 0.0447 e. The lowest BCUT2D eigenvalue weighted by atomic mass is 9.83. The summed E-state index contributed by atoms with van der Waals surface area (Å²) in [6.45, 7) is 1.82. The zero-order valence-electron chi connectivity index (χ0n) is 11.8. The lowest BCUT2D eigenvalue weighted by Crippen LogP contribution is -2.31. The standard InChI is InChI=1S/C17H26N2/c18-12-17(19-11-10-13-4-3-5-13)16-7-2-1-6-15(16)14-8-9-14/h1-2,6-7,13-14,17,19H,3-5,8-12,18H2. The summed E-state index contributed by atoms with van der Waals surface area (Å²) in [5.74, 6) is 1.78. The van der Waals surface area contributed by atoms with E-state index < -0.39 is 0 Å². The van der Waals surface area contributed by atoms with Crippen molar-refractivity contribution in [1.29, 1.82) is 0 Å². The molecule has 19 heavy (non-hydrogen) atoms. The van der Waals surface area contributed by atoms with Gasteiger partial charge in [0.25, 0.3) is 0 Å². The minimum absolute atomic E-state index is 0.344. The maximum atomic E-state index is 6.00. The molecule has 3 rings (SSSR count). The van der Waals surface area contributed by atoms with Crippen molar-refractivity contribution in [2.75, 3.05) is 13.1 Å². The van der Waals surface area contributed by atoms with Crippen LogP contribution >= 0.6 is 0 Å². The summed E-state index contributed by atoms with van der Waals surface area (Å²) < 4.78 is 0. The second kappa shape index (κ2) is 6.06. The van der Waals surface area contributed by atoms with Crippen LogP contribution in [0.4, 0.5) is 0 Å². The summed E-state index contributed by atoms with van der Waals surface area (Å²) in [6, 6.07) is 9.22. The van der Waals surface area contributed by atoms with Gasteiger partial charge in [-0.15, -0.1) is 0 Å². The van der Waals surface area contributed by atoms with E-state index in [4.69, 9.17) is 5.73 Å². The number of benzene rings is 1. The maximum absolute atomic E-state index is 6.00. The van der Waals surface area contributed by atoms with E-state index in [0.717, 1.165) is 18.4 Å². The van der Waals surface area contributed by atoms with Crippen molar-refractivity contribution >= 4 is 0 Å². The van der Waals surface area contributed by atoms with Crippen molar-refractivity contribution < 1.29 is 0 Å². The Kier molecular flexibility index (Phi) is 4.19. The van der Waals surface area contributed by atoms with Crippen LogP contribution < -0.4 is 11.1 Å². The highest BCUT2D eigenvalue weighted by Gasteiger charge is 2.27. The highest BCUT2D eigenvalue weighted by atomic mass is 14.9. The van der Waals surface area contributed by atoms with Gasteiger partial charge in [-0.1, -0.05) is 43.5 Å². The van der Waals surface area contributed by atoms with Crippen LogP contribution in [0.1, 0.15) is 61.6 Å². The van der Waals surface area contributed by atoms with E-state index in [0.29, 0.717) is 12.6 Å². The van der Waals surface area contributed by atoms with Crippen molar-refractivity contribution in [3.63, 3.8) is 0 Å². The molecule has 3 N–H and O–H groups in total. The van der Waals surface area contributed by atoms with Gasteiger partial charge in [0.05, 0.1) is 0 Å². The summed E-state index contributed by atoms with van der Waals surface area (Å²) in [7, 11) is 0. The van der Waals surface area contributed by atoms with Gasteiger partial charge in [0.2, 0.25) is 0 Å². The first-order chi connectivity index (χ1) is 9.38. The predicted octanol–water partition coefficient (Wildman–Crippen LogP) is 3.34. The van der Waals surface area contributed by atoms with Gasteiger partial charge in [-0.3, -0.25) is 0 Å². The van der Waals surface area contributed by atoms with E-state index in [2.05, 4.69) is 29.6 Å². The molecule has 2 aliphatic carbocycles. The van der Waals surface area contributed by atoms with Gasteiger partial charge in [0, 0.05) is 12.6 Å². The first-order valence-corrected chi connectivity index (χ1v) is 7.90. The molecular formula is C17H26N2. The van der Waals surface area contributed by atoms with E-state index >= 15 is 0 Å². The first-order valence-electron chi connectivity index (χ1n) is 7.90. The number of hydrogen-bond donors (Lipinski definition) is 2. The second-order valence-electron chi connectivity index (χ2n) is 6.23. The molecule has 1 aromatic rings. The van der Waals surface area contributed by atoms with Crippen LogP contribution in [0.2, 0.25) is 0 Å². The van der Waals surface area contributed by atoms with Crippen molar-refractivity contribution in [3.8, 4) is 0 Å². The van der Waals surface area contributed by atoms with Crippen molar-refractivity contribution in [2.24, 2.45) is 11.7 Å². The zero-order valence-corrected chi connectivity index (χ0v) is 11.8. The topological polar surface area (TPSA) is 38.0 Å². The van der Waals surface area contributed by atoms with E-state index in [1.54, 1.807) is 0 Å². The Morgan fingerprint density at radius 2 is 1.95 bits per heavy atom. The van der Waals surface area contributed by atoms with Crippen LogP contribution in [-0.2, 0) is 0 Å². The Hall–Kier alpha value is -0.860. The molecule has 2 saturated carbocycles. The molecule has 0 heterocycles. The van der Waals surface area contributed by atoms with Crippen LogP contribution in [0.15, 0.2) is 24.3 Å². The second-order valence-corrected chi connectivity index (χ2v) is 6.23. The predicted molar refractivity (Wildman–Crippen MR) is 80.2 cm³/mol. The van der Waals surface area contributed by atoms with E-state index in [1.807, 2.05) is 0 Å². The van der Waals surface area contributed by atoms with E-state index in [-0.39, 0.29) is 0 Å². The summed E-state index contributed by atoms with van der Waals surface area (Å²) >= 11 is 0. The van der Waals surface area contributed by atoms with Crippen LogP contribution in [0.25, 0.3) is 0 Å². The molecule has 0 amide bonds. The molecule has 1 unspecified atom stereocenters. The van der Waals surface area contributed by atoms with Crippen molar-refractivity contribution in [3.05, 3.63) is 35.4 Å². The monoisotopic (exact) mass is 258 g/mol. The molecule has 0 spiro atoms. The molecule has 0 saturated heterocycles. The first kappa shape index (κ1) is 13.1. The van der Waals surface area contributed by atoms with Crippen molar-refractivity contribution in [2.45, 2.75) is 50.5 Å². The van der Waals surface area contributed by atoms with Gasteiger partial charge < -0.3 is 11.1 Å². The van der Waals surface area contributed by atoms with Gasteiger partial charge in [-0.25, -0.2) is 0 Å². The normalized spacial score (nSPS) is 21.1. The third kappa shape index (κ3) is 3.18. The Balaban J connectivity index is 1.60. The molecule has 1 atom stereocenters. The van der Waals surface area contributed by atoms with Crippen LogP contribution in [0.5, 0.6) is 0 Å². The molecule has 104 valence electrons. The zero-order chi connectivity index (χ0) is 13.1. The number of rotatable bonds is 7. The lowest BCUT2D eigenvalue weighted by molar-refractivity contribution is 0.287. The highest BCUT2D eigenvalue weighted by molar-refractivity contribution is 5.35. The highest BCUT2D eigenvalue weighted by Crippen LogP contribution is 2.42. The molecule has 1 aromatic carbocycles. The Morgan fingerprint density at radius 3 is 2.58 bits per heavy atom. The van der Waals surface area contributed by atoms with E-state index in [1.165, 1.54) is 49.7 Å². The smallest absolute Gasteiger partial charge is 0.0447 e. The van der Waals surface area contributed by atoms with Crippen LogP contribution in [-0.4, -0.2) is 13.1 Å². The summed E-state index contributed by atoms with van der Waals surface area (Å²) in [4.78, 5) is 0. The van der Waals surface area contributed by atoms with Crippen molar-refractivity contribution in [1.82, 2.24) is 5.32 Å². The Morgan fingerprint density at radius 1 is 1.16 bits per heavy atom. The van der Waals surface area contributed by atoms with Gasteiger partial charge in [-0.2, -0.15) is 0 Å². The quantitative estimate of drug-likeness (QED) is 0.787. The fraction of sp³-hybridized carbons (Fsp3) is 0.647. The third-order valence-electron chi connectivity index (χ3n) is 4.79. The summed E-state index contributed by atoms with van der Waals surface area (Å²) in [5, 5.41) is 3.68. The lowest BCUT2D eigenvalue weighted by Gasteiger charge is -2.27. The molecule has 0 aromatic heterocycles. The third-order valence-corrected chi connectivity index (χ3v) is 4.79. The van der Waals surface area contributed by atoms with Crippen LogP contribution in [0.3, 0.4) is 0 Å². The molecule has 2 heteroatoms. The molecule has 2 fully saturated rings. The van der Waals surface area contributed by atoms with Gasteiger partial charge in [0.15, 0.2) is 0 Å². The Labute approximate surface area is 116 Å². The van der Waals surface area contributed by atoms with Gasteiger partial charge >= 0.3 is 0 Å². The average molecular weight is 258 g/mol. The fourth-order valence-corrected chi connectivity index (χ4v) is 3.16. The molecule has 2 nitrogen and oxygen atoms in total. The molecule has 0 bridgehead atoms. The number of nitrogens with two attached hydrogens (primary N) is 1. The van der Waals surface area contributed by atoms with Gasteiger partial charge in [0.1, 0.15) is 0 Å². The molecule has 0 radical (unpaired) electrons. The van der Waals surface area contributed by atoms with Gasteiger partial charge in [-0.05, 0) is 48.8 Å². The Bertz CT molecular complexity index is 407. The number of nitrogens with one attached hydrogen (secondary N) is 1. The van der Waals surface area contributed by atoms with E-state index in [9.17, 15) is 0 Å². The molecular weight excluding hydrogens is 232 g/mol.